The summed E-state index contributed by atoms with van der Waals surface area (Å²) in [5.74, 6) is -0.856. The van der Waals surface area contributed by atoms with Gasteiger partial charge in [0.1, 0.15) is 0 Å². The Morgan fingerprint density at radius 1 is 1.16 bits per heavy atom. The second kappa shape index (κ2) is 6.59. The molecule has 1 fully saturated rings. The first-order valence-corrected chi connectivity index (χ1v) is 8.34. The minimum atomic E-state index is -0.857. The molecule has 5 nitrogen and oxygen atoms in total. The van der Waals surface area contributed by atoms with Crippen LogP contribution in [-0.2, 0) is 4.79 Å². The standard InChI is InChI=1S/C20H22N2O3/c1-14-12-16(8-9-17(14)15-6-4-3-5-7-15)21-19(25)22-11-10-20(2,13-22)18(23)24/h3-9,12H,10-11,13H2,1-2H3,(H,21,25)(H,23,24). The molecule has 0 aliphatic carbocycles. The van der Waals surface area contributed by atoms with Gasteiger partial charge in [-0.15, -0.1) is 0 Å². The highest BCUT2D eigenvalue weighted by Gasteiger charge is 2.42. The molecule has 5 heteroatoms. The van der Waals surface area contributed by atoms with E-state index < -0.39 is 11.4 Å². The third-order valence-corrected chi connectivity index (χ3v) is 4.84. The van der Waals surface area contributed by atoms with Crippen molar-refractivity contribution in [2.75, 3.05) is 18.4 Å². The molecule has 3 rings (SSSR count). The van der Waals surface area contributed by atoms with Gasteiger partial charge in [-0.25, -0.2) is 4.79 Å². The van der Waals surface area contributed by atoms with E-state index in [9.17, 15) is 14.7 Å². The van der Waals surface area contributed by atoms with E-state index in [4.69, 9.17) is 0 Å². The molecule has 1 heterocycles. The van der Waals surface area contributed by atoms with Crippen LogP contribution in [0.5, 0.6) is 0 Å². The van der Waals surface area contributed by atoms with Crippen LogP contribution in [-0.4, -0.2) is 35.1 Å². The molecule has 0 radical (unpaired) electrons. The molecule has 2 aromatic rings. The molecular formula is C20H22N2O3. The lowest BCUT2D eigenvalue weighted by molar-refractivity contribution is -0.146. The number of hydrogen-bond acceptors (Lipinski definition) is 2. The van der Waals surface area contributed by atoms with Crippen molar-refractivity contribution in [3.05, 3.63) is 54.1 Å². The fraction of sp³-hybridized carbons (Fsp3) is 0.300. The molecule has 1 unspecified atom stereocenters. The van der Waals surface area contributed by atoms with Gasteiger partial charge in [0.05, 0.1) is 5.41 Å². The topological polar surface area (TPSA) is 69.6 Å². The molecule has 1 saturated heterocycles. The van der Waals surface area contributed by atoms with Gasteiger partial charge in [-0.05, 0) is 49.1 Å². The predicted molar refractivity (Wildman–Crippen MR) is 97.6 cm³/mol. The summed E-state index contributed by atoms with van der Waals surface area (Å²) in [4.78, 5) is 25.3. The van der Waals surface area contributed by atoms with E-state index in [0.29, 0.717) is 18.7 Å². The molecular weight excluding hydrogens is 316 g/mol. The Morgan fingerprint density at radius 2 is 1.88 bits per heavy atom. The number of urea groups is 1. The molecule has 1 aliphatic rings. The summed E-state index contributed by atoms with van der Waals surface area (Å²) in [5.41, 5.74) is 3.18. The Labute approximate surface area is 147 Å². The number of aliphatic carboxylic acids is 1. The number of carbonyl (C=O) groups excluding carboxylic acids is 1. The Morgan fingerprint density at radius 3 is 2.48 bits per heavy atom. The maximum Gasteiger partial charge on any atom is 0.321 e. The van der Waals surface area contributed by atoms with Crippen LogP contribution in [0.25, 0.3) is 11.1 Å². The average molecular weight is 338 g/mol. The van der Waals surface area contributed by atoms with Gasteiger partial charge < -0.3 is 15.3 Å². The third-order valence-electron chi connectivity index (χ3n) is 4.84. The van der Waals surface area contributed by atoms with Crippen LogP contribution in [0.3, 0.4) is 0 Å². The van der Waals surface area contributed by atoms with Gasteiger partial charge >= 0.3 is 12.0 Å². The van der Waals surface area contributed by atoms with Gasteiger partial charge in [-0.2, -0.15) is 0 Å². The zero-order valence-corrected chi connectivity index (χ0v) is 14.5. The number of likely N-dealkylation sites (tertiary alicyclic amines) is 1. The van der Waals surface area contributed by atoms with Crippen LogP contribution in [0.15, 0.2) is 48.5 Å². The van der Waals surface area contributed by atoms with Crippen LogP contribution in [0.4, 0.5) is 10.5 Å². The van der Waals surface area contributed by atoms with Crippen LogP contribution in [0.1, 0.15) is 18.9 Å². The van der Waals surface area contributed by atoms with E-state index >= 15 is 0 Å². The monoisotopic (exact) mass is 338 g/mol. The van der Waals surface area contributed by atoms with Crippen molar-refractivity contribution in [3.63, 3.8) is 0 Å². The molecule has 0 spiro atoms. The van der Waals surface area contributed by atoms with E-state index in [1.54, 1.807) is 11.8 Å². The zero-order valence-electron chi connectivity index (χ0n) is 14.5. The van der Waals surface area contributed by atoms with Crippen LogP contribution >= 0.6 is 0 Å². The molecule has 2 N–H and O–H groups in total. The number of carboxylic acids is 1. The quantitative estimate of drug-likeness (QED) is 0.889. The molecule has 0 bridgehead atoms. The number of nitrogens with zero attached hydrogens (tertiary/aromatic N) is 1. The van der Waals surface area contributed by atoms with Crippen molar-refractivity contribution in [2.24, 2.45) is 5.41 Å². The molecule has 1 aliphatic heterocycles. The third kappa shape index (κ3) is 3.50. The predicted octanol–water partition coefficient (Wildman–Crippen LogP) is 3.99. The van der Waals surface area contributed by atoms with Crippen molar-refractivity contribution >= 4 is 17.7 Å². The molecule has 2 aromatic carbocycles. The number of benzene rings is 2. The summed E-state index contributed by atoms with van der Waals surface area (Å²) in [6, 6.07) is 15.6. The first-order valence-electron chi connectivity index (χ1n) is 8.34. The Bertz CT molecular complexity index is 804. The van der Waals surface area contributed by atoms with Crippen molar-refractivity contribution in [1.82, 2.24) is 4.90 Å². The van der Waals surface area contributed by atoms with Crippen molar-refractivity contribution in [1.29, 1.82) is 0 Å². The number of carboxylic acid groups (broad SMARTS) is 1. The Hall–Kier alpha value is -2.82. The molecule has 2 amide bonds. The van der Waals surface area contributed by atoms with E-state index in [1.807, 2.05) is 43.3 Å². The highest BCUT2D eigenvalue weighted by molar-refractivity contribution is 5.91. The van der Waals surface area contributed by atoms with Crippen LogP contribution in [0.2, 0.25) is 0 Å². The summed E-state index contributed by atoms with van der Waals surface area (Å²) >= 11 is 0. The Balaban J connectivity index is 1.71. The number of hydrogen-bond donors (Lipinski definition) is 2. The van der Waals surface area contributed by atoms with E-state index in [2.05, 4.69) is 17.4 Å². The summed E-state index contributed by atoms with van der Waals surface area (Å²) in [5, 5.41) is 12.2. The highest BCUT2D eigenvalue weighted by Crippen LogP contribution is 2.31. The lowest BCUT2D eigenvalue weighted by Gasteiger charge is -2.21. The van der Waals surface area contributed by atoms with Crippen molar-refractivity contribution < 1.29 is 14.7 Å². The lowest BCUT2D eigenvalue weighted by Crippen LogP contribution is -2.37. The summed E-state index contributed by atoms with van der Waals surface area (Å²) < 4.78 is 0. The maximum atomic E-state index is 12.4. The normalized spacial score (nSPS) is 19.7. The van der Waals surface area contributed by atoms with Crippen LogP contribution < -0.4 is 5.32 Å². The number of anilines is 1. The van der Waals surface area contributed by atoms with Gasteiger partial charge in [-0.3, -0.25) is 4.79 Å². The van der Waals surface area contributed by atoms with Gasteiger partial charge in [0.25, 0.3) is 0 Å². The van der Waals surface area contributed by atoms with Crippen molar-refractivity contribution in [2.45, 2.75) is 20.3 Å². The number of rotatable bonds is 3. The summed E-state index contributed by atoms with van der Waals surface area (Å²) in [7, 11) is 0. The van der Waals surface area contributed by atoms with Gasteiger partial charge in [-0.1, -0.05) is 36.4 Å². The molecule has 130 valence electrons. The maximum absolute atomic E-state index is 12.4. The van der Waals surface area contributed by atoms with E-state index in [1.165, 1.54) is 0 Å². The second-order valence-corrected chi connectivity index (χ2v) is 6.86. The van der Waals surface area contributed by atoms with Gasteiger partial charge in [0.15, 0.2) is 0 Å². The lowest BCUT2D eigenvalue weighted by atomic mass is 9.90. The van der Waals surface area contributed by atoms with E-state index in [-0.39, 0.29) is 12.6 Å². The van der Waals surface area contributed by atoms with Gasteiger partial charge in [0, 0.05) is 18.8 Å². The summed E-state index contributed by atoms with van der Waals surface area (Å²) in [6.45, 7) is 4.38. The fourth-order valence-electron chi connectivity index (χ4n) is 3.19. The number of aryl methyl sites for hydroxylation is 1. The van der Waals surface area contributed by atoms with E-state index in [0.717, 1.165) is 16.7 Å². The fourth-order valence-corrected chi connectivity index (χ4v) is 3.19. The molecule has 0 saturated carbocycles. The van der Waals surface area contributed by atoms with Gasteiger partial charge in [0.2, 0.25) is 0 Å². The molecule has 1 atom stereocenters. The summed E-state index contributed by atoms with van der Waals surface area (Å²) in [6.07, 6.45) is 0.474. The zero-order chi connectivity index (χ0) is 18.0. The molecule has 0 aromatic heterocycles. The first-order chi connectivity index (χ1) is 11.9. The highest BCUT2D eigenvalue weighted by atomic mass is 16.4. The number of nitrogens with one attached hydrogen (secondary N) is 1. The smallest absolute Gasteiger partial charge is 0.321 e. The average Bonchev–Trinajstić information content (AvgIpc) is 3.00. The number of amides is 2. The van der Waals surface area contributed by atoms with Crippen molar-refractivity contribution in [3.8, 4) is 11.1 Å². The molecule has 25 heavy (non-hydrogen) atoms. The minimum absolute atomic E-state index is 0.231. The minimum Gasteiger partial charge on any atom is -0.481 e. The van der Waals surface area contributed by atoms with Crippen LogP contribution in [0, 0.1) is 12.3 Å². The second-order valence-electron chi connectivity index (χ2n) is 6.86. The Kier molecular flexibility index (Phi) is 4.49. The largest absolute Gasteiger partial charge is 0.481 e. The number of carbonyl (C=O) groups is 2. The first kappa shape index (κ1) is 17.0. The SMILES string of the molecule is Cc1cc(NC(=O)N2CCC(C)(C(=O)O)C2)ccc1-c1ccccc1.